The van der Waals surface area contributed by atoms with Crippen molar-refractivity contribution in [2.45, 2.75) is 0 Å². The summed E-state index contributed by atoms with van der Waals surface area (Å²) >= 11 is 3.97. The van der Waals surface area contributed by atoms with Crippen LogP contribution in [0.4, 0.5) is 10.1 Å². The van der Waals surface area contributed by atoms with Gasteiger partial charge in [0.25, 0.3) is 0 Å². The highest BCUT2D eigenvalue weighted by Gasteiger charge is 1.96. The van der Waals surface area contributed by atoms with E-state index < -0.39 is 0 Å². The van der Waals surface area contributed by atoms with Crippen molar-refractivity contribution < 1.29 is 4.39 Å². The van der Waals surface area contributed by atoms with Gasteiger partial charge >= 0.3 is 0 Å². The second kappa shape index (κ2) is 4.16. The minimum atomic E-state index is -0.298. The quantitative estimate of drug-likeness (QED) is 0.534. The molecule has 3 heteroatoms. The molecule has 0 aliphatic heterocycles. The first-order chi connectivity index (χ1) is 5.74. The molecule has 0 heterocycles. The van der Waals surface area contributed by atoms with Gasteiger partial charge in [-0.15, -0.1) is 0 Å². The second-order valence-corrected chi connectivity index (χ2v) is 2.73. The van der Waals surface area contributed by atoms with Crippen molar-refractivity contribution in [2.24, 2.45) is 0 Å². The van der Waals surface area contributed by atoms with Crippen LogP contribution in [0.3, 0.4) is 0 Å². The van der Waals surface area contributed by atoms with Gasteiger partial charge in [-0.3, -0.25) is 0 Å². The number of hydrogen-bond donors (Lipinski definition) is 2. The molecule has 0 radical (unpaired) electrons. The van der Waals surface area contributed by atoms with E-state index in [-0.39, 0.29) is 5.82 Å². The van der Waals surface area contributed by atoms with Crippen LogP contribution in [0.5, 0.6) is 0 Å². The molecule has 0 unspecified atom stereocenters. The molecule has 64 valence electrons. The molecule has 0 atom stereocenters. The van der Waals surface area contributed by atoms with E-state index in [0.29, 0.717) is 17.0 Å². The first-order valence-corrected chi connectivity index (χ1v) is 4.19. The zero-order valence-corrected chi connectivity index (χ0v) is 7.39. The molecule has 0 saturated heterocycles. The molecule has 1 aromatic rings. The highest BCUT2D eigenvalue weighted by atomic mass is 32.1. The molecule has 12 heavy (non-hydrogen) atoms. The summed E-state index contributed by atoms with van der Waals surface area (Å²) in [5, 5.41) is 0. The number of nitrogen functional groups attached to an aromatic ring is 1. The van der Waals surface area contributed by atoms with Crippen molar-refractivity contribution in [1.29, 1.82) is 0 Å². The largest absolute Gasteiger partial charge is 0.399 e. The summed E-state index contributed by atoms with van der Waals surface area (Å²) in [5.74, 6) is 0.303. The maximum atomic E-state index is 13.0. The van der Waals surface area contributed by atoms with Crippen LogP contribution in [0.2, 0.25) is 0 Å². The topological polar surface area (TPSA) is 26.0 Å². The highest BCUT2D eigenvalue weighted by Crippen LogP contribution is 2.12. The fraction of sp³-hybridized carbons (Fsp3) is 0.111. The number of anilines is 1. The molecule has 1 aromatic carbocycles. The molecule has 0 spiro atoms. The van der Waals surface area contributed by atoms with Crippen molar-refractivity contribution in [3.63, 3.8) is 0 Å². The summed E-state index contributed by atoms with van der Waals surface area (Å²) in [5.41, 5.74) is 6.36. The number of thiol groups is 1. The van der Waals surface area contributed by atoms with Crippen LogP contribution in [-0.4, -0.2) is 5.75 Å². The molecular formula is C9H10FNS. The molecule has 1 rings (SSSR count). The van der Waals surface area contributed by atoms with Crippen molar-refractivity contribution in [2.75, 3.05) is 11.5 Å². The van der Waals surface area contributed by atoms with Gasteiger partial charge in [0.15, 0.2) is 0 Å². The molecule has 0 saturated carbocycles. The van der Waals surface area contributed by atoms with Crippen LogP contribution < -0.4 is 5.73 Å². The lowest BCUT2D eigenvalue weighted by molar-refractivity contribution is 0.626. The number of halogens is 1. The van der Waals surface area contributed by atoms with E-state index in [4.69, 9.17) is 5.73 Å². The summed E-state index contributed by atoms with van der Waals surface area (Å²) in [6, 6.07) is 4.62. The van der Waals surface area contributed by atoms with Gasteiger partial charge in [0.05, 0.1) is 0 Å². The molecule has 1 nitrogen and oxygen atoms in total. The van der Waals surface area contributed by atoms with Gasteiger partial charge in [0.1, 0.15) is 5.82 Å². The third-order valence-electron chi connectivity index (χ3n) is 1.43. The van der Waals surface area contributed by atoms with Crippen molar-refractivity contribution >= 4 is 24.4 Å². The van der Waals surface area contributed by atoms with E-state index in [1.54, 1.807) is 24.3 Å². The maximum absolute atomic E-state index is 13.0. The summed E-state index contributed by atoms with van der Waals surface area (Å²) in [6.45, 7) is 0. The summed E-state index contributed by atoms with van der Waals surface area (Å²) in [4.78, 5) is 0. The van der Waals surface area contributed by atoms with Crippen LogP contribution >= 0.6 is 12.6 Å². The Labute approximate surface area is 76.5 Å². The standard InChI is InChI=1S/C9H10FNS/c10-9-6-8(11)4-3-7(9)2-1-5-12/h1-4,6,12H,5,11H2. The third-order valence-corrected chi connectivity index (χ3v) is 1.64. The van der Waals surface area contributed by atoms with Gasteiger partial charge in [-0.2, -0.15) is 12.6 Å². The van der Waals surface area contributed by atoms with Crippen molar-refractivity contribution in [1.82, 2.24) is 0 Å². The Morgan fingerprint density at radius 3 is 2.83 bits per heavy atom. The fourth-order valence-corrected chi connectivity index (χ4v) is 0.964. The van der Waals surface area contributed by atoms with E-state index >= 15 is 0 Å². The van der Waals surface area contributed by atoms with Gasteiger partial charge in [-0.05, 0) is 12.1 Å². The molecular weight excluding hydrogens is 173 g/mol. The van der Waals surface area contributed by atoms with E-state index in [1.807, 2.05) is 0 Å². The average molecular weight is 183 g/mol. The van der Waals surface area contributed by atoms with Gasteiger partial charge in [0, 0.05) is 17.0 Å². The normalized spacial score (nSPS) is 10.8. The lowest BCUT2D eigenvalue weighted by Crippen LogP contribution is -1.88. The Kier molecular flexibility index (Phi) is 3.17. The molecule has 0 aliphatic rings. The highest BCUT2D eigenvalue weighted by molar-refractivity contribution is 7.80. The predicted octanol–water partition coefficient (Wildman–Crippen LogP) is 2.35. The maximum Gasteiger partial charge on any atom is 0.132 e. The van der Waals surface area contributed by atoms with Crippen LogP contribution in [0.25, 0.3) is 6.08 Å². The van der Waals surface area contributed by atoms with E-state index in [0.717, 1.165) is 0 Å². The summed E-state index contributed by atoms with van der Waals surface area (Å²) in [6.07, 6.45) is 3.46. The van der Waals surface area contributed by atoms with Gasteiger partial charge in [-0.1, -0.05) is 18.2 Å². The number of benzene rings is 1. The Morgan fingerprint density at radius 2 is 2.25 bits per heavy atom. The smallest absolute Gasteiger partial charge is 0.132 e. The van der Waals surface area contributed by atoms with E-state index in [9.17, 15) is 4.39 Å². The van der Waals surface area contributed by atoms with Crippen LogP contribution in [0.1, 0.15) is 5.56 Å². The SMILES string of the molecule is Nc1ccc(C=CCS)c(F)c1. The Balaban J connectivity index is 2.94. The minimum absolute atomic E-state index is 0.298. The van der Waals surface area contributed by atoms with Gasteiger partial charge in [-0.25, -0.2) is 4.39 Å². The molecule has 0 bridgehead atoms. The minimum Gasteiger partial charge on any atom is -0.399 e. The molecule has 0 aromatic heterocycles. The van der Waals surface area contributed by atoms with E-state index in [2.05, 4.69) is 12.6 Å². The van der Waals surface area contributed by atoms with Crippen LogP contribution in [0.15, 0.2) is 24.3 Å². The molecule has 0 fully saturated rings. The first-order valence-electron chi connectivity index (χ1n) is 3.56. The Bertz CT molecular complexity index is 297. The molecule has 0 amide bonds. The van der Waals surface area contributed by atoms with Gasteiger partial charge < -0.3 is 5.73 Å². The summed E-state index contributed by atoms with van der Waals surface area (Å²) < 4.78 is 13.0. The number of rotatable bonds is 2. The monoisotopic (exact) mass is 183 g/mol. The van der Waals surface area contributed by atoms with Crippen LogP contribution in [-0.2, 0) is 0 Å². The molecule has 0 aliphatic carbocycles. The second-order valence-electron chi connectivity index (χ2n) is 2.37. The zero-order valence-electron chi connectivity index (χ0n) is 6.50. The average Bonchev–Trinajstić information content (AvgIpc) is 2.03. The predicted molar refractivity (Wildman–Crippen MR) is 53.7 cm³/mol. The third kappa shape index (κ3) is 2.27. The first kappa shape index (κ1) is 9.13. The Hall–Kier alpha value is -0.960. The van der Waals surface area contributed by atoms with Crippen LogP contribution in [0, 0.1) is 5.82 Å². The van der Waals surface area contributed by atoms with Crippen molar-refractivity contribution in [3.05, 3.63) is 35.7 Å². The lowest BCUT2D eigenvalue weighted by Gasteiger charge is -1.97. The van der Waals surface area contributed by atoms with Crippen molar-refractivity contribution in [3.8, 4) is 0 Å². The number of nitrogens with two attached hydrogens (primary N) is 1. The zero-order chi connectivity index (χ0) is 8.97. The lowest BCUT2D eigenvalue weighted by atomic mass is 10.2. The Morgan fingerprint density at radius 1 is 1.50 bits per heavy atom. The summed E-state index contributed by atoms with van der Waals surface area (Å²) in [7, 11) is 0. The fourth-order valence-electron chi connectivity index (χ4n) is 0.858. The molecule has 2 N–H and O–H groups in total. The number of hydrogen-bond acceptors (Lipinski definition) is 2. The van der Waals surface area contributed by atoms with E-state index in [1.165, 1.54) is 6.07 Å². The van der Waals surface area contributed by atoms with Gasteiger partial charge in [0.2, 0.25) is 0 Å².